The van der Waals surface area contributed by atoms with Crippen LogP contribution in [-0.2, 0) is 28.6 Å². The lowest BCUT2D eigenvalue weighted by molar-refractivity contribution is -0.167. The summed E-state index contributed by atoms with van der Waals surface area (Å²) in [5.41, 5.74) is 0. The van der Waals surface area contributed by atoms with Crippen LogP contribution < -0.4 is 0 Å². The van der Waals surface area contributed by atoms with E-state index >= 15 is 0 Å². The molecule has 1 atom stereocenters. The highest BCUT2D eigenvalue weighted by Crippen LogP contribution is 2.15. The highest BCUT2D eigenvalue weighted by Gasteiger charge is 2.19. The Morgan fingerprint density at radius 2 is 0.565 bits per heavy atom. The zero-order valence-corrected chi connectivity index (χ0v) is 45.6. The Balaban J connectivity index is 4.41. The Morgan fingerprint density at radius 3 is 0.913 bits per heavy atom. The van der Waals surface area contributed by atoms with Gasteiger partial charge in [0.1, 0.15) is 13.2 Å². The normalized spacial score (nSPS) is 12.6. The summed E-state index contributed by atoms with van der Waals surface area (Å²) < 4.78 is 16.9. The maximum absolute atomic E-state index is 12.9. The van der Waals surface area contributed by atoms with Gasteiger partial charge in [-0.05, 0) is 109 Å². The molecule has 0 aliphatic heterocycles. The molecule has 6 heteroatoms. The van der Waals surface area contributed by atoms with Gasteiger partial charge in [0.15, 0.2) is 6.10 Å². The molecule has 0 saturated carbocycles. The van der Waals surface area contributed by atoms with Gasteiger partial charge in [-0.2, -0.15) is 0 Å². The molecule has 0 aromatic heterocycles. The van der Waals surface area contributed by atoms with Gasteiger partial charge in [0.05, 0.1) is 0 Å². The van der Waals surface area contributed by atoms with Crippen LogP contribution in [0.1, 0.15) is 290 Å². The summed E-state index contributed by atoms with van der Waals surface area (Å²) in [4.78, 5) is 38.2. The second-order valence-corrected chi connectivity index (χ2v) is 19.5. The first-order chi connectivity index (χ1) is 34.0. The fraction of sp³-hybridized carbons (Fsp3) is 0.762. The van der Waals surface area contributed by atoms with Crippen LogP contribution >= 0.6 is 0 Å². The molecule has 0 aliphatic carbocycles. The molecule has 0 heterocycles. The molecule has 0 aliphatic rings. The Bertz CT molecular complexity index is 1290. The molecule has 0 radical (unpaired) electrons. The number of esters is 3. The van der Waals surface area contributed by atoms with Crippen LogP contribution in [0.5, 0.6) is 0 Å². The third-order valence-electron chi connectivity index (χ3n) is 12.7. The number of hydrogen-bond donors (Lipinski definition) is 0. The Morgan fingerprint density at radius 1 is 0.304 bits per heavy atom. The van der Waals surface area contributed by atoms with E-state index in [0.29, 0.717) is 19.3 Å². The van der Waals surface area contributed by atoms with Crippen molar-refractivity contribution in [2.24, 2.45) is 0 Å². The Hall–Kier alpha value is -3.15. The van der Waals surface area contributed by atoms with Crippen molar-refractivity contribution in [2.45, 2.75) is 297 Å². The van der Waals surface area contributed by atoms with Crippen molar-refractivity contribution >= 4 is 17.9 Å². The van der Waals surface area contributed by atoms with E-state index < -0.39 is 6.10 Å². The largest absolute Gasteiger partial charge is 0.462 e. The molecule has 0 rings (SSSR count). The van der Waals surface area contributed by atoms with Crippen molar-refractivity contribution in [3.8, 4) is 0 Å². The maximum Gasteiger partial charge on any atom is 0.306 e. The first-order valence-corrected chi connectivity index (χ1v) is 29.4. The van der Waals surface area contributed by atoms with Gasteiger partial charge in [-0.25, -0.2) is 0 Å². The molecule has 6 nitrogen and oxygen atoms in total. The van der Waals surface area contributed by atoms with Gasteiger partial charge >= 0.3 is 17.9 Å². The van der Waals surface area contributed by atoms with Gasteiger partial charge in [-0.15, -0.1) is 0 Å². The fourth-order valence-electron chi connectivity index (χ4n) is 8.25. The van der Waals surface area contributed by atoms with Crippen molar-refractivity contribution in [1.29, 1.82) is 0 Å². The molecule has 0 aromatic carbocycles. The second kappa shape index (κ2) is 57.4. The molecule has 0 saturated heterocycles. The summed E-state index contributed by atoms with van der Waals surface area (Å²) in [6.45, 7) is 6.51. The van der Waals surface area contributed by atoms with Gasteiger partial charge in [-0.3, -0.25) is 14.4 Å². The minimum atomic E-state index is -0.788. The number of allylic oxidation sites excluding steroid dienone is 12. The van der Waals surface area contributed by atoms with E-state index in [1.54, 1.807) is 0 Å². The van der Waals surface area contributed by atoms with Crippen LogP contribution in [-0.4, -0.2) is 37.2 Å². The Kier molecular flexibility index (Phi) is 54.8. The van der Waals surface area contributed by atoms with Gasteiger partial charge in [0.25, 0.3) is 0 Å². The lowest BCUT2D eigenvalue weighted by Crippen LogP contribution is -2.30. The summed E-state index contributed by atoms with van der Waals surface area (Å²) >= 11 is 0. The molecule has 1 unspecified atom stereocenters. The van der Waals surface area contributed by atoms with Crippen LogP contribution in [0.3, 0.4) is 0 Å². The minimum absolute atomic E-state index is 0.0857. The smallest absolute Gasteiger partial charge is 0.306 e. The van der Waals surface area contributed by atoms with E-state index in [1.807, 2.05) is 0 Å². The molecule has 0 fully saturated rings. The Labute approximate surface area is 427 Å². The number of ether oxygens (including phenoxy) is 3. The zero-order valence-electron chi connectivity index (χ0n) is 45.6. The first kappa shape index (κ1) is 65.8. The summed E-state index contributed by atoms with van der Waals surface area (Å²) in [6.07, 6.45) is 73.1. The number of carbonyl (C=O) groups excluding carboxylic acids is 3. The van der Waals surface area contributed by atoms with E-state index in [-0.39, 0.29) is 31.1 Å². The van der Waals surface area contributed by atoms with Crippen LogP contribution in [0, 0.1) is 0 Å². The van der Waals surface area contributed by atoms with Crippen molar-refractivity contribution in [1.82, 2.24) is 0 Å². The minimum Gasteiger partial charge on any atom is -0.462 e. The maximum atomic E-state index is 12.9. The fourth-order valence-corrected chi connectivity index (χ4v) is 8.25. The zero-order chi connectivity index (χ0) is 50.0. The third-order valence-corrected chi connectivity index (χ3v) is 12.7. The van der Waals surface area contributed by atoms with Crippen molar-refractivity contribution in [3.05, 3.63) is 72.9 Å². The van der Waals surface area contributed by atoms with E-state index in [0.717, 1.165) is 103 Å². The van der Waals surface area contributed by atoms with Crippen molar-refractivity contribution < 1.29 is 28.6 Å². The standard InChI is InChI=1S/C63H110O6/c1-4-7-10-13-16-19-22-25-28-31-33-35-38-41-44-47-50-53-56-62(65)68-59-60(58-67-61(64)55-52-49-46-43-40-37-34-30-27-24-21-18-15-12-9-6-3)69-63(66)57-54-51-48-45-42-39-36-32-29-26-23-20-17-14-11-8-5-2/h8,11,17,19-20,22,26,28-31,34,60H,4-7,9-10,12-16,18,21,23-25,27,32-33,35-59H2,1-3H3/b11-8-,20-17-,22-19-,29-26-,31-28-,34-30-. The number of carbonyl (C=O) groups is 3. The van der Waals surface area contributed by atoms with Crippen LogP contribution in [0.4, 0.5) is 0 Å². The predicted octanol–water partition coefficient (Wildman–Crippen LogP) is 19.8. The SMILES string of the molecule is CC/C=C\C/C=C\C/C=C\CCCCCCCCCC(=O)OC(COC(=O)CCCCCCC/C=C\CCCCCCCCC)COC(=O)CCCCCCCCC/C=C\C/C=C\CCCCCC. The average Bonchev–Trinajstić information content (AvgIpc) is 3.35. The van der Waals surface area contributed by atoms with Gasteiger partial charge in [0.2, 0.25) is 0 Å². The summed E-state index contributed by atoms with van der Waals surface area (Å²) in [7, 11) is 0. The highest BCUT2D eigenvalue weighted by atomic mass is 16.6. The third kappa shape index (κ3) is 55.6. The molecule has 0 bridgehead atoms. The van der Waals surface area contributed by atoms with E-state index in [4.69, 9.17) is 14.2 Å². The van der Waals surface area contributed by atoms with Gasteiger partial charge in [0, 0.05) is 19.3 Å². The molecular formula is C63H110O6. The van der Waals surface area contributed by atoms with Crippen LogP contribution in [0.2, 0.25) is 0 Å². The van der Waals surface area contributed by atoms with E-state index in [1.165, 1.54) is 148 Å². The second-order valence-electron chi connectivity index (χ2n) is 19.5. The quantitative estimate of drug-likeness (QED) is 0.0262. The molecular weight excluding hydrogens is 853 g/mol. The van der Waals surface area contributed by atoms with E-state index in [9.17, 15) is 14.4 Å². The lowest BCUT2D eigenvalue weighted by atomic mass is 10.1. The molecule has 69 heavy (non-hydrogen) atoms. The molecule has 0 aromatic rings. The molecule has 398 valence electrons. The van der Waals surface area contributed by atoms with Crippen molar-refractivity contribution in [2.75, 3.05) is 13.2 Å². The predicted molar refractivity (Wildman–Crippen MR) is 298 cm³/mol. The number of unbranched alkanes of at least 4 members (excludes halogenated alkanes) is 30. The lowest BCUT2D eigenvalue weighted by Gasteiger charge is -2.18. The monoisotopic (exact) mass is 963 g/mol. The van der Waals surface area contributed by atoms with Crippen LogP contribution in [0.15, 0.2) is 72.9 Å². The van der Waals surface area contributed by atoms with Gasteiger partial charge < -0.3 is 14.2 Å². The number of rotatable bonds is 53. The summed E-state index contributed by atoms with van der Waals surface area (Å²) in [5.74, 6) is -0.901. The van der Waals surface area contributed by atoms with Gasteiger partial charge in [-0.1, -0.05) is 235 Å². The molecule has 0 amide bonds. The highest BCUT2D eigenvalue weighted by molar-refractivity contribution is 5.71. The van der Waals surface area contributed by atoms with Crippen molar-refractivity contribution in [3.63, 3.8) is 0 Å². The molecule has 0 spiro atoms. The summed E-state index contributed by atoms with van der Waals surface area (Å²) in [5, 5.41) is 0. The van der Waals surface area contributed by atoms with Crippen LogP contribution in [0.25, 0.3) is 0 Å². The van der Waals surface area contributed by atoms with E-state index in [2.05, 4.69) is 93.7 Å². The number of hydrogen-bond acceptors (Lipinski definition) is 6. The topological polar surface area (TPSA) is 78.9 Å². The average molecular weight is 964 g/mol. The first-order valence-electron chi connectivity index (χ1n) is 29.4. The molecule has 0 N–H and O–H groups in total. The summed E-state index contributed by atoms with van der Waals surface area (Å²) in [6, 6.07) is 0.